The highest BCUT2D eigenvalue weighted by molar-refractivity contribution is 5.79. The summed E-state index contributed by atoms with van der Waals surface area (Å²) in [6.45, 7) is 3.84. The highest BCUT2D eigenvalue weighted by Crippen LogP contribution is 2.27. The Bertz CT molecular complexity index is 549. The van der Waals surface area contributed by atoms with Gasteiger partial charge in [-0.15, -0.1) is 0 Å². The molecule has 1 aromatic carbocycles. The van der Waals surface area contributed by atoms with Crippen LogP contribution in [0.2, 0.25) is 0 Å². The standard InChI is InChI=1S/C18H26N2O4/c1-4-15-10-20(11-16(15)18(22)19(2)23-3)12-17(21)24-13-14-8-6-5-7-9-14/h5-9,15-16H,4,10-13H2,1-3H3/t15?,16-/m0/s1. The molecule has 1 aliphatic rings. The van der Waals surface area contributed by atoms with Gasteiger partial charge in [-0.3, -0.25) is 19.3 Å². The number of hydrogen-bond acceptors (Lipinski definition) is 5. The van der Waals surface area contributed by atoms with Crippen molar-refractivity contribution >= 4 is 11.9 Å². The quantitative estimate of drug-likeness (QED) is 0.561. The summed E-state index contributed by atoms with van der Waals surface area (Å²) >= 11 is 0. The van der Waals surface area contributed by atoms with Crippen molar-refractivity contribution in [1.29, 1.82) is 0 Å². The van der Waals surface area contributed by atoms with Gasteiger partial charge in [0, 0.05) is 20.1 Å². The zero-order chi connectivity index (χ0) is 17.5. The molecule has 0 aromatic heterocycles. The lowest BCUT2D eigenvalue weighted by Crippen LogP contribution is -2.36. The SMILES string of the molecule is CCC1CN(CC(=O)OCc2ccccc2)C[C@@H]1C(=O)N(C)OC. The molecule has 1 saturated heterocycles. The number of carbonyl (C=O) groups is 2. The Kier molecular flexibility index (Phi) is 6.75. The van der Waals surface area contributed by atoms with E-state index in [0.29, 0.717) is 6.54 Å². The van der Waals surface area contributed by atoms with Crippen LogP contribution >= 0.6 is 0 Å². The molecule has 0 N–H and O–H groups in total. The zero-order valence-electron chi connectivity index (χ0n) is 14.6. The van der Waals surface area contributed by atoms with Gasteiger partial charge >= 0.3 is 5.97 Å². The highest BCUT2D eigenvalue weighted by atomic mass is 16.7. The van der Waals surface area contributed by atoms with E-state index in [1.54, 1.807) is 7.05 Å². The minimum Gasteiger partial charge on any atom is -0.460 e. The van der Waals surface area contributed by atoms with E-state index in [2.05, 4.69) is 6.92 Å². The first-order valence-electron chi connectivity index (χ1n) is 8.28. The molecule has 1 aliphatic heterocycles. The van der Waals surface area contributed by atoms with Crippen molar-refractivity contribution in [1.82, 2.24) is 9.96 Å². The van der Waals surface area contributed by atoms with Gasteiger partial charge in [0.05, 0.1) is 19.6 Å². The molecule has 1 fully saturated rings. The second kappa shape index (κ2) is 8.80. The van der Waals surface area contributed by atoms with Crippen LogP contribution in [0.25, 0.3) is 0 Å². The molecule has 24 heavy (non-hydrogen) atoms. The Morgan fingerprint density at radius 3 is 2.58 bits per heavy atom. The molecule has 1 unspecified atom stereocenters. The molecule has 132 valence electrons. The first-order chi connectivity index (χ1) is 11.5. The highest BCUT2D eigenvalue weighted by Gasteiger charge is 2.38. The van der Waals surface area contributed by atoms with Gasteiger partial charge in [0.15, 0.2) is 0 Å². The molecule has 6 heteroatoms. The van der Waals surface area contributed by atoms with Crippen molar-refractivity contribution in [3.8, 4) is 0 Å². The van der Waals surface area contributed by atoms with Crippen molar-refractivity contribution in [3.63, 3.8) is 0 Å². The fourth-order valence-corrected chi connectivity index (χ4v) is 3.07. The first-order valence-corrected chi connectivity index (χ1v) is 8.28. The van der Waals surface area contributed by atoms with Gasteiger partial charge in [0.2, 0.25) is 0 Å². The topological polar surface area (TPSA) is 59.1 Å². The molecule has 0 aliphatic carbocycles. The van der Waals surface area contributed by atoms with Crippen LogP contribution in [0.4, 0.5) is 0 Å². The molecular formula is C18H26N2O4. The molecule has 2 rings (SSSR count). The van der Waals surface area contributed by atoms with Crippen LogP contribution in [0.15, 0.2) is 30.3 Å². The molecular weight excluding hydrogens is 308 g/mol. The van der Waals surface area contributed by atoms with Gasteiger partial charge in [0.1, 0.15) is 6.61 Å². The summed E-state index contributed by atoms with van der Waals surface area (Å²) in [5.41, 5.74) is 0.966. The average molecular weight is 334 g/mol. The molecule has 0 saturated carbocycles. The van der Waals surface area contributed by atoms with E-state index in [1.165, 1.54) is 12.2 Å². The number of rotatable bonds is 7. The van der Waals surface area contributed by atoms with Crippen LogP contribution in [0.1, 0.15) is 18.9 Å². The molecule has 0 bridgehead atoms. The molecule has 0 radical (unpaired) electrons. The van der Waals surface area contributed by atoms with Crippen LogP contribution in [0.5, 0.6) is 0 Å². The third-order valence-electron chi connectivity index (χ3n) is 4.54. The maximum atomic E-state index is 12.3. The lowest BCUT2D eigenvalue weighted by Gasteiger charge is -2.21. The number of esters is 1. The van der Waals surface area contributed by atoms with Gasteiger partial charge in [-0.25, -0.2) is 5.06 Å². The van der Waals surface area contributed by atoms with E-state index in [-0.39, 0.29) is 36.9 Å². The lowest BCUT2D eigenvalue weighted by molar-refractivity contribution is -0.174. The number of hydroxylamine groups is 2. The third kappa shape index (κ3) is 4.79. The fourth-order valence-electron chi connectivity index (χ4n) is 3.07. The maximum absolute atomic E-state index is 12.3. The number of nitrogens with zero attached hydrogens (tertiary/aromatic N) is 2. The van der Waals surface area contributed by atoms with Crippen molar-refractivity contribution < 1.29 is 19.2 Å². The van der Waals surface area contributed by atoms with E-state index in [0.717, 1.165) is 18.5 Å². The Morgan fingerprint density at radius 1 is 1.25 bits per heavy atom. The Balaban J connectivity index is 1.84. The molecule has 1 heterocycles. The molecule has 6 nitrogen and oxygen atoms in total. The minimum absolute atomic E-state index is 0.0375. The minimum atomic E-state index is -0.262. The van der Waals surface area contributed by atoms with Gasteiger partial charge < -0.3 is 4.74 Å². The van der Waals surface area contributed by atoms with Crippen LogP contribution < -0.4 is 0 Å². The van der Waals surface area contributed by atoms with E-state index in [1.807, 2.05) is 35.2 Å². The van der Waals surface area contributed by atoms with Gasteiger partial charge in [0.25, 0.3) is 5.91 Å². The monoisotopic (exact) mass is 334 g/mol. The number of likely N-dealkylation sites (tertiary alicyclic amines) is 1. The first kappa shape index (κ1) is 18.4. The zero-order valence-corrected chi connectivity index (χ0v) is 14.6. The molecule has 0 spiro atoms. The summed E-state index contributed by atoms with van der Waals surface area (Å²) in [4.78, 5) is 31.4. The summed E-state index contributed by atoms with van der Waals surface area (Å²) in [6, 6.07) is 9.60. The van der Waals surface area contributed by atoms with Crippen LogP contribution in [-0.2, 0) is 25.8 Å². The lowest BCUT2D eigenvalue weighted by atomic mass is 9.93. The van der Waals surface area contributed by atoms with Crippen molar-refractivity contribution in [2.24, 2.45) is 11.8 Å². The van der Waals surface area contributed by atoms with Crippen LogP contribution in [0, 0.1) is 11.8 Å². The van der Waals surface area contributed by atoms with E-state index in [9.17, 15) is 9.59 Å². The average Bonchev–Trinajstić information content (AvgIpc) is 3.02. The fraction of sp³-hybridized carbons (Fsp3) is 0.556. The predicted molar refractivity (Wildman–Crippen MR) is 89.7 cm³/mol. The van der Waals surface area contributed by atoms with E-state index in [4.69, 9.17) is 9.57 Å². The van der Waals surface area contributed by atoms with Crippen molar-refractivity contribution in [2.45, 2.75) is 20.0 Å². The second-order valence-electron chi connectivity index (χ2n) is 6.13. The number of carbonyl (C=O) groups excluding carboxylic acids is 2. The smallest absolute Gasteiger partial charge is 0.320 e. The van der Waals surface area contributed by atoms with E-state index >= 15 is 0 Å². The summed E-state index contributed by atoms with van der Waals surface area (Å²) in [6.07, 6.45) is 0.892. The summed E-state index contributed by atoms with van der Waals surface area (Å²) in [5.74, 6) is -0.203. The normalized spacial score (nSPS) is 20.8. The van der Waals surface area contributed by atoms with E-state index < -0.39 is 0 Å². The maximum Gasteiger partial charge on any atom is 0.320 e. The predicted octanol–water partition coefficient (Wildman–Crippen LogP) is 1.71. The Hall–Kier alpha value is -1.92. The van der Waals surface area contributed by atoms with Crippen LogP contribution in [-0.4, -0.2) is 55.6 Å². The number of ether oxygens (including phenoxy) is 1. The van der Waals surface area contributed by atoms with Gasteiger partial charge in [-0.2, -0.15) is 0 Å². The summed E-state index contributed by atoms with van der Waals surface area (Å²) in [5, 5.41) is 1.27. The van der Waals surface area contributed by atoms with Crippen molar-refractivity contribution in [2.75, 3.05) is 33.8 Å². The molecule has 1 amide bonds. The van der Waals surface area contributed by atoms with Gasteiger partial charge in [-0.1, -0.05) is 43.7 Å². The largest absolute Gasteiger partial charge is 0.460 e. The number of benzene rings is 1. The van der Waals surface area contributed by atoms with Gasteiger partial charge in [-0.05, 0) is 11.5 Å². The third-order valence-corrected chi connectivity index (χ3v) is 4.54. The number of hydrogen-bond donors (Lipinski definition) is 0. The number of amides is 1. The molecule has 2 atom stereocenters. The Morgan fingerprint density at radius 2 is 1.96 bits per heavy atom. The summed E-state index contributed by atoms with van der Waals surface area (Å²) < 4.78 is 5.32. The summed E-state index contributed by atoms with van der Waals surface area (Å²) in [7, 11) is 3.10. The molecule has 1 aromatic rings. The van der Waals surface area contributed by atoms with Crippen molar-refractivity contribution in [3.05, 3.63) is 35.9 Å². The Labute approximate surface area is 143 Å². The van der Waals surface area contributed by atoms with Crippen LogP contribution in [0.3, 0.4) is 0 Å². The second-order valence-corrected chi connectivity index (χ2v) is 6.13.